The van der Waals surface area contributed by atoms with Crippen LogP contribution in [0.4, 0.5) is 15.8 Å². The van der Waals surface area contributed by atoms with E-state index >= 15 is 0 Å². The van der Waals surface area contributed by atoms with Gasteiger partial charge in [0.1, 0.15) is 11.9 Å². The number of nitrogen functional groups attached to an aromatic ring is 1. The van der Waals surface area contributed by atoms with E-state index in [0.717, 1.165) is 25.8 Å². The van der Waals surface area contributed by atoms with Crippen molar-refractivity contribution in [2.75, 3.05) is 24.2 Å². The molecule has 1 fully saturated rings. The van der Waals surface area contributed by atoms with Crippen molar-refractivity contribution in [1.29, 1.82) is 0 Å². The van der Waals surface area contributed by atoms with Gasteiger partial charge in [-0.1, -0.05) is 0 Å². The largest absolute Gasteiger partial charge is 0.397 e. The fraction of sp³-hybridized carbons (Fsp3) is 0.462. The van der Waals surface area contributed by atoms with Crippen LogP contribution in [0, 0.1) is 9.39 Å². The molecule has 1 atom stereocenters. The lowest BCUT2D eigenvalue weighted by Gasteiger charge is -2.37. The van der Waals surface area contributed by atoms with E-state index in [9.17, 15) is 9.18 Å². The van der Waals surface area contributed by atoms with Gasteiger partial charge < -0.3 is 16.0 Å². The smallest absolute Gasteiger partial charge is 0.242 e. The summed E-state index contributed by atoms with van der Waals surface area (Å²) in [6, 6.07) is 2.78. The van der Waals surface area contributed by atoms with Gasteiger partial charge in [-0.15, -0.1) is 0 Å². The second-order valence-electron chi connectivity index (χ2n) is 4.64. The molecule has 0 saturated carbocycles. The lowest BCUT2D eigenvalue weighted by Crippen LogP contribution is -2.49. The number of halogens is 2. The van der Waals surface area contributed by atoms with E-state index in [-0.39, 0.29) is 17.8 Å². The van der Waals surface area contributed by atoms with Crippen molar-refractivity contribution < 1.29 is 9.18 Å². The Labute approximate surface area is 125 Å². The third-order valence-corrected chi connectivity index (χ3v) is 4.26. The van der Waals surface area contributed by atoms with Gasteiger partial charge in [-0.3, -0.25) is 4.79 Å². The highest BCUT2D eigenvalue weighted by molar-refractivity contribution is 14.1. The van der Waals surface area contributed by atoms with E-state index in [4.69, 9.17) is 5.73 Å². The molecule has 1 aliphatic rings. The monoisotopic (exact) mass is 377 g/mol. The number of rotatable bonds is 2. The Kier molecular flexibility index (Phi) is 4.49. The summed E-state index contributed by atoms with van der Waals surface area (Å²) in [5.74, 6) is -0.343. The number of hydrogen-bond donors (Lipinski definition) is 2. The summed E-state index contributed by atoms with van der Waals surface area (Å²) >= 11 is 1.91. The SMILES string of the molecule is CNC(=O)C1CCCCN1c1cc(F)c(I)cc1N. The van der Waals surface area contributed by atoms with Gasteiger partial charge in [0.15, 0.2) is 0 Å². The highest BCUT2D eigenvalue weighted by Gasteiger charge is 2.29. The van der Waals surface area contributed by atoms with Crippen LogP contribution >= 0.6 is 22.6 Å². The number of piperidine rings is 1. The summed E-state index contributed by atoms with van der Waals surface area (Å²) in [5.41, 5.74) is 7.11. The van der Waals surface area contributed by atoms with Gasteiger partial charge in [-0.2, -0.15) is 0 Å². The quantitative estimate of drug-likeness (QED) is 0.613. The zero-order valence-electron chi connectivity index (χ0n) is 10.7. The van der Waals surface area contributed by atoms with Crippen LogP contribution in [-0.4, -0.2) is 25.5 Å². The molecule has 6 heteroatoms. The lowest BCUT2D eigenvalue weighted by atomic mass is 10.00. The van der Waals surface area contributed by atoms with Crippen LogP contribution in [0.25, 0.3) is 0 Å². The average Bonchev–Trinajstić information content (AvgIpc) is 2.42. The minimum Gasteiger partial charge on any atom is -0.397 e. The standard InChI is InChI=1S/C13H17FIN3O/c1-17-13(19)11-4-2-3-5-18(11)12-6-8(14)9(15)7-10(12)16/h6-7,11H,2-5,16H2,1H3,(H,17,19). The summed E-state index contributed by atoms with van der Waals surface area (Å²) in [6.45, 7) is 0.725. The van der Waals surface area contributed by atoms with Crippen LogP contribution in [0.3, 0.4) is 0 Å². The molecule has 0 radical (unpaired) electrons. The molecule has 1 aromatic rings. The van der Waals surface area contributed by atoms with Gasteiger partial charge in [0.25, 0.3) is 0 Å². The van der Waals surface area contributed by atoms with E-state index in [0.29, 0.717) is 14.9 Å². The Morgan fingerprint density at radius 2 is 2.26 bits per heavy atom. The first-order valence-corrected chi connectivity index (χ1v) is 7.35. The topological polar surface area (TPSA) is 58.4 Å². The van der Waals surface area contributed by atoms with Gasteiger partial charge in [0.2, 0.25) is 5.91 Å². The fourth-order valence-corrected chi connectivity index (χ4v) is 2.95. The first-order valence-electron chi connectivity index (χ1n) is 6.27. The molecule has 1 saturated heterocycles. The van der Waals surface area contributed by atoms with Crippen LogP contribution < -0.4 is 16.0 Å². The predicted octanol–water partition coefficient (Wildman–Crippen LogP) is 2.12. The molecular weight excluding hydrogens is 360 g/mol. The van der Waals surface area contributed by atoms with Crippen LogP contribution in [0.2, 0.25) is 0 Å². The lowest BCUT2D eigenvalue weighted by molar-refractivity contribution is -0.122. The van der Waals surface area contributed by atoms with Gasteiger partial charge >= 0.3 is 0 Å². The van der Waals surface area contributed by atoms with E-state index < -0.39 is 0 Å². The highest BCUT2D eigenvalue weighted by atomic mass is 127. The number of nitrogens with zero attached hydrogens (tertiary/aromatic N) is 1. The Morgan fingerprint density at radius 1 is 1.53 bits per heavy atom. The van der Waals surface area contributed by atoms with Gasteiger partial charge in [-0.25, -0.2) is 4.39 Å². The molecule has 4 nitrogen and oxygen atoms in total. The molecule has 0 bridgehead atoms. The van der Waals surface area contributed by atoms with E-state index in [1.807, 2.05) is 27.5 Å². The third-order valence-electron chi connectivity index (χ3n) is 3.43. The number of amides is 1. The summed E-state index contributed by atoms with van der Waals surface area (Å²) in [7, 11) is 1.62. The minimum atomic E-state index is -0.300. The Morgan fingerprint density at radius 3 is 2.95 bits per heavy atom. The summed E-state index contributed by atoms with van der Waals surface area (Å²) in [5, 5.41) is 2.66. The molecule has 1 amide bonds. The first kappa shape index (κ1) is 14.4. The van der Waals surface area contributed by atoms with Crippen LogP contribution in [0.5, 0.6) is 0 Å². The maximum Gasteiger partial charge on any atom is 0.242 e. The Balaban J connectivity index is 2.37. The van der Waals surface area contributed by atoms with Crippen LogP contribution in [-0.2, 0) is 4.79 Å². The van der Waals surface area contributed by atoms with Crippen molar-refractivity contribution in [2.45, 2.75) is 25.3 Å². The number of nitrogens with two attached hydrogens (primary N) is 1. The molecule has 1 heterocycles. The number of anilines is 2. The Bertz CT molecular complexity index is 495. The molecule has 0 aromatic heterocycles. The maximum atomic E-state index is 13.7. The molecule has 1 unspecified atom stereocenters. The van der Waals surface area contributed by atoms with Crippen molar-refractivity contribution in [3.8, 4) is 0 Å². The second kappa shape index (κ2) is 5.94. The van der Waals surface area contributed by atoms with Gasteiger partial charge in [-0.05, 0) is 47.9 Å². The molecule has 0 spiro atoms. The summed E-state index contributed by atoms with van der Waals surface area (Å²) in [6.07, 6.45) is 2.76. The van der Waals surface area contributed by atoms with Crippen molar-refractivity contribution in [2.24, 2.45) is 0 Å². The average molecular weight is 377 g/mol. The third kappa shape index (κ3) is 2.93. The normalized spacial score (nSPS) is 19.3. The number of carbonyl (C=O) groups is 1. The fourth-order valence-electron chi connectivity index (χ4n) is 2.46. The van der Waals surface area contributed by atoms with E-state index in [1.54, 1.807) is 13.1 Å². The highest BCUT2D eigenvalue weighted by Crippen LogP contribution is 2.32. The van der Waals surface area contributed by atoms with E-state index in [1.165, 1.54) is 6.07 Å². The molecular formula is C13H17FIN3O. The maximum absolute atomic E-state index is 13.7. The van der Waals surface area contributed by atoms with E-state index in [2.05, 4.69) is 5.32 Å². The molecule has 0 aliphatic carbocycles. The number of benzene rings is 1. The van der Waals surface area contributed by atoms with Crippen molar-refractivity contribution >= 4 is 39.9 Å². The molecule has 19 heavy (non-hydrogen) atoms. The van der Waals surface area contributed by atoms with Crippen molar-refractivity contribution in [3.05, 3.63) is 21.5 Å². The molecule has 1 aromatic carbocycles. The molecule has 2 rings (SSSR count). The second-order valence-corrected chi connectivity index (χ2v) is 5.81. The first-order chi connectivity index (χ1) is 9.04. The zero-order valence-corrected chi connectivity index (χ0v) is 12.9. The Hall–Kier alpha value is -1.05. The van der Waals surface area contributed by atoms with Crippen LogP contribution in [0.15, 0.2) is 12.1 Å². The number of likely N-dealkylation sites (N-methyl/N-ethyl adjacent to an activating group) is 1. The van der Waals surface area contributed by atoms with Gasteiger partial charge in [0, 0.05) is 19.7 Å². The van der Waals surface area contributed by atoms with Crippen molar-refractivity contribution in [3.63, 3.8) is 0 Å². The molecule has 104 valence electrons. The van der Waals surface area contributed by atoms with Crippen LogP contribution in [0.1, 0.15) is 19.3 Å². The predicted molar refractivity (Wildman–Crippen MR) is 82.6 cm³/mol. The summed E-state index contributed by atoms with van der Waals surface area (Å²) < 4.78 is 14.2. The summed E-state index contributed by atoms with van der Waals surface area (Å²) in [4.78, 5) is 13.8. The van der Waals surface area contributed by atoms with Gasteiger partial charge in [0.05, 0.1) is 14.9 Å². The molecule has 3 N–H and O–H groups in total. The van der Waals surface area contributed by atoms with Crippen molar-refractivity contribution in [1.82, 2.24) is 5.32 Å². The minimum absolute atomic E-state index is 0.0435. The zero-order chi connectivity index (χ0) is 14.0. The number of hydrogen-bond acceptors (Lipinski definition) is 3. The number of nitrogens with one attached hydrogen (secondary N) is 1. The molecule has 1 aliphatic heterocycles. The number of carbonyl (C=O) groups excluding carboxylic acids is 1.